The average molecular weight is 215 g/mol. The lowest BCUT2D eigenvalue weighted by molar-refractivity contribution is 0.701. The highest BCUT2D eigenvalue weighted by atomic mass is 15.1. The molecular weight excluding hydrogens is 198 g/mol. The van der Waals surface area contributed by atoms with E-state index in [2.05, 4.69) is 41.0 Å². The van der Waals surface area contributed by atoms with Crippen LogP contribution in [0, 0.1) is 6.92 Å². The molecule has 1 aromatic heterocycles. The molecule has 0 fully saturated rings. The maximum Gasteiger partial charge on any atom is 0.123 e. The molecule has 0 spiro atoms. The molecule has 1 N–H and O–H groups in total. The third-order valence-electron chi connectivity index (χ3n) is 2.86. The summed E-state index contributed by atoms with van der Waals surface area (Å²) in [4.78, 5) is 4.67. The summed E-state index contributed by atoms with van der Waals surface area (Å²) < 4.78 is 2.14. The van der Waals surface area contributed by atoms with Crippen LogP contribution in [0.4, 0.5) is 0 Å². The van der Waals surface area contributed by atoms with Gasteiger partial charge in [-0.25, -0.2) is 4.98 Å². The molecule has 0 radical (unpaired) electrons. The van der Waals surface area contributed by atoms with E-state index < -0.39 is 0 Å². The number of aromatic nitrogens is 2. The van der Waals surface area contributed by atoms with Crippen molar-refractivity contribution in [2.75, 3.05) is 7.05 Å². The summed E-state index contributed by atoms with van der Waals surface area (Å²) >= 11 is 0. The zero-order valence-electron chi connectivity index (χ0n) is 9.99. The van der Waals surface area contributed by atoms with Gasteiger partial charge in [-0.1, -0.05) is 30.3 Å². The van der Waals surface area contributed by atoms with Crippen LogP contribution in [0.25, 0.3) is 11.3 Å². The Labute approximate surface area is 96.1 Å². The monoisotopic (exact) mass is 215 g/mol. The number of nitrogens with one attached hydrogen (secondary N) is 1. The smallest absolute Gasteiger partial charge is 0.123 e. The molecule has 0 aliphatic rings. The highest BCUT2D eigenvalue weighted by Gasteiger charge is 2.11. The normalized spacial score (nSPS) is 10.7. The first-order valence-electron chi connectivity index (χ1n) is 5.46. The van der Waals surface area contributed by atoms with Gasteiger partial charge in [0.05, 0.1) is 12.2 Å². The molecule has 0 amide bonds. The van der Waals surface area contributed by atoms with Gasteiger partial charge in [-0.15, -0.1) is 0 Å². The molecule has 3 heteroatoms. The molecular formula is C13H17N3. The van der Waals surface area contributed by atoms with E-state index in [1.807, 2.05) is 25.2 Å². The fourth-order valence-corrected chi connectivity index (χ4v) is 1.82. The van der Waals surface area contributed by atoms with Crippen molar-refractivity contribution in [1.29, 1.82) is 0 Å². The van der Waals surface area contributed by atoms with Crippen LogP contribution in [0.5, 0.6) is 0 Å². The van der Waals surface area contributed by atoms with Gasteiger partial charge in [0.1, 0.15) is 5.82 Å². The largest absolute Gasteiger partial charge is 0.334 e. The average Bonchev–Trinajstić information content (AvgIpc) is 2.59. The Bertz CT molecular complexity index is 471. The fourth-order valence-electron chi connectivity index (χ4n) is 1.82. The molecule has 0 atom stereocenters. The molecule has 2 rings (SSSR count). The number of benzene rings is 1. The van der Waals surface area contributed by atoms with Crippen molar-refractivity contribution in [3.8, 4) is 11.3 Å². The lowest BCUT2D eigenvalue weighted by atomic mass is 10.1. The lowest BCUT2D eigenvalue weighted by Crippen LogP contribution is -2.10. The molecule has 0 saturated carbocycles. The van der Waals surface area contributed by atoms with Crippen LogP contribution < -0.4 is 5.32 Å². The summed E-state index contributed by atoms with van der Waals surface area (Å²) in [5.41, 5.74) is 3.46. The van der Waals surface area contributed by atoms with E-state index in [0.29, 0.717) is 0 Å². The van der Waals surface area contributed by atoms with Gasteiger partial charge in [0, 0.05) is 18.3 Å². The first kappa shape index (κ1) is 10.9. The maximum absolute atomic E-state index is 4.67. The Morgan fingerprint density at radius 1 is 1.25 bits per heavy atom. The Morgan fingerprint density at radius 2 is 1.94 bits per heavy atom. The van der Waals surface area contributed by atoms with Crippen molar-refractivity contribution in [3.05, 3.63) is 41.9 Å². The van der Waals surface area contributed by atoms with Crippen LogP contribution in [0.2, 0.25) is 0 Å². The summed E-state index contributed by atoms with van der Waals surface area (Å²) in [6, 6.07) is 10.3. The van der Waals surface area contributed by atoms with Crippen LogP contribution in [0.1, 0.15) is 11.5 Å². The number of nitrogens with zero attached hydrogens (tertiary/aromatic N) is 2. The summed E-state index contributed by atoms with van der Waals surface area (Å²) in [6.45, 7) is 2.90. The second-order valence-corrected chi connectivity index (χ2v) is 3.92. The Balaban J connectivity index is 2.46. The molecule has 1 heterocycles. The zero-order valence-corrected chi connectivity index (χ0v) is 9.99. The number of rotatable bonds is 3. The van der Waals surface area contributed by atoms with Crippen molar-refractivity contribution in [3.63, 3.8) is 0 Å². The van der Waals surface area contributed by atoms with Gasteiger partial charge in [-0.2, -0.15) is 0 Å². The Morgan fingerprint density at radius 3 is 2.56 bits per heavy atom. The highest BCUT2D eigenvalue weighted by Crippen LogP contribution is 2.22. The van der Waals surface area contributed by atoms with E-state index in [1.54, 1.807) is 0 Å². The highest BCUT2D eigenvalue weighted by molar-refractivity contribution is 5.61. The lowest BCUT2D eigenvalue weighted by Gasteiger charge is -2.01. The van der Waals surface area contributed by atoms with Crippen molar-refractivity contribution < 1.29 is 0 Å². The van der Waals surface area contributed by atoms with Gasteiger partial charge >= 0.3 is 0 Å². The maximum atomic E-state index is 4.67. The van der Waals surface area contributed by atoms with Crippen LogP contribution in [0.15, 0.2) is 30.3 Å². The summed E-state index contributed by atoms with van der Waals surface area (Å²) in [5, 5.41) is 3.13. The van der Waals surface area contributed by atoms with Crippen molar-refractivity contribution in [2.45, 2.75) is 13.5 Å². The van der Waals surface area contributed by atoms with Crippen LogP contribution >= 0.6 is 0 Å². The fraction of sp³-hybridized carbons (Fsp3) is 0.308. The third-order valence-corrected chi connectivity index (χ3v) is 2.86. The molecule has 84 valence electrons. The first-order valence-corrected chi connectivity index (χ1v) is 5.46. The topological polar surface area (TPSA) is 29.9 Å². The van der Waals surface area contributed by atoms with Crippen LogP contribution in [-0.2, 0) is 13.6 Å². The predicted molar refractivity (Wildman–Crippen MR) is 66.1 cm³/mol. The van der Waals surface area contributed by atoms with E-state index >= 15 is 0 Å². The predicted octanol–water partition coefficient (Wildman–Crippen LogP) is 2.11. The van der Waals surface area contributed by atoms with Crippen molar-refractivity contribution >= 4 is 0 Å². The van der Waals surface area contributed by atoms with E-state index in [-0.39, 0.29) is 0 Å². The van der Waals surface area contributed by atoms with Gasteiger partial charge in [0.15, 0.2) is 0 Å². The van der Waals surface area contributed by atoms with E-state index in [9.17, 15) is 0 Å². The van der Waals surface area contributed by atoms with E-state index in [1.165, 1.54) is 11.3 Å². The first-order chi connectivity index (χ1) is 7.74. The number of hydrogen-bond acceptors (Lipinski definition) is 2. The SMILES string of the molecule is CNCc1nc(-c2ccccc2)c(C)n1C. The van der Waals surface area contributed by atoms with Crippen LogP contribution in [0.3, 0.4) is 0 Å². The molecule has 1 aromatic carbocycles. The summed E-state index contributed by atoms with van der Waals surface area (Å²) in [5.74, 6) is 1.07. The van der Waals surface area contributed by atoms with Gasteiger partial charge in [-0.3, -0.25) is 0 Å². The number of imidazole rings is 1. The van der Waals surface area contributed by atoms with E-state index in [4.69, 9.17) is 0 Å². The number of hydrogen-bond donors (Lipinski definition) is 1. The van der Waals surface area contributed by atoms with Crippen molar-refractivity contribution in [2.24, 2.45) is 7.05 Å². The van der Waals surface area contributed by atoms with E-state index in [0.717, 1.165) is 18.1 Å². The minimum atomic E-state index is 0.796. The Hall–Kier alpha value is -1.61. The van der Waals surface area contributed by atoms with Crippen LogP contribution in [-0.4, -0.2) is 16.6 Å². The van der Waals surface area contributed by atoms with Gasteiger partial charge < -0.3 is 9.88 Å². The molecule has 3 nitrogen and oxygen atoms in total. The molecule has 0 saturated heterocycles. The molecule has 0 aliphatic carbocycles. The molecule has 2 aromatic rings. The van der Waals surface area contributed by atoms with Crippen molar-refractivity contribution in [1.82, 2.24) is 14.9 Å². The molecule has 0 bridgehead atoms. The minimum Gasteiger partial charge on any atom is -0.334 e. The molecule has 0 aliphatic heterocycles. The second-order valence-electron chi connectivity index (χ2n) is 3.92. The molecule has 16 heavy (non-hydrogen) atoms. The molecule has 0 unspecified atom stereocenters. The quantitative estimate of drug-likeness (QED) is 0.850. The van der Waals surface area contributed by atoms with Gasteiger partial charge in [0.25, 0.3) is 0 Å². The third kappa shape index (κ3) is 1.86. The van der Waals surface area contributed by atoms with Gasteiger partial charge in [0.2, 0.25) is 0 Å². The Kier molecular flexibility index (Phi) is 3.06. The minimum absolute atomic E-state index is 0.796. The zero-order chi connectivity index (χ0) is 11.5. The van der Waals surface area contributed by atoms with Gasteiger partial charge in [-0.05, 0) is 14.0 Å². The standard InChI is InChI=1S/C13H17N3/c1-10-13(11-7-5-4-6-8-11)15-12(9-14-2)16(10)3/h4-8,14H,9H2,1-3H3. The second kappa shape index (κ2) is 4.49. The summed E-state index contributed by atoms with van der Waals surface area (Å²) in [6.07, 6.45) is 0. The summed E-state index contributed by atoms with van der Waals surface area (Å²) in [7, 11) is 3.99.